The molecule has 1 aromatic heterocycles. The van der Waals surface area contributed by atoms with Crippen LogP contribution in [0, 0.1) is 0 Å². The van der Waals surface area contributed by atoms with Crippen LogP contribution in [-0.4, -0.2) is 44.8 Å². The summed E-state index contributed by atoms with van der Waals surface area (Å²) in [5.74, 6) is -0.452. The lowest BCUT2D eigenvalue weighted by molar-refractivity contribution is -0.125. The highest BCUT2D eigenvalue weighted by molar-refractivity contribution is 7.89. The maximum Gasteiger partial charge on any atom is 0.322 e. The average molecular weight is 470 g/mol. The van der Waals surface area contributed by atoms with E-state index < -0.39 is 27.5 Å². The number of nitrogens with one attached hydrogen (secondary N) is 2. The van der Waals surface area contributed by atoms with E-state index in [-0.39, 0.29) is 35.2 Å². The second-order valence-electron chi connectivity index (χ2n) is 7.85. The molecule has 4 N–H and O–H groups in total. The molecule has 0 saturated carbocycles. The van der Waals surface area contributed by atoms with Crippen molar-refractivity contribution >= 4 is 38.8 Å². The number of carbonyl (C=O) groups excluding carboxylic acids is 3. The Morgan fingerprint density at radius 3 is 2.61 bits per heavy atom. The quantitative estimate of drug-likeness (QED) is 0.464. The van der Waals surface area contributed by atoms with Crippen molar-refractivity contribution in [2.45, 2.75) is 17.0 Å². The average Bonchev–Trinajstić information content (AvgIpc) is 3.41. The van der Waals surface area contributed by atoms with E-state index in [1.165, 1.54) is 36.3 Å². The summed E-state index contributed by atoms with van der Waals surface area (Å²) < 4.78 is 34.4. The first-order chi connectivity index (χ1) is 15.6. The van der Waals surface area contributed by atoms with E-state index in [0.29, 0.717) is 16.7 Å². The fraction of sp³-hybridized carbons (Fsp3) is 0.190. The predicted molar refractivity (Wildman–Crippen MR) is 114 cm³/mol. The molecule has 3 heterocycles. The minimum absolute atomic E-state index is 0.0498. The molecule has 5 rings (SSSR count). The normalized spacial score (nSPS) is 20.2. The van der Waals surface area contributed by atoms with E-state index in [9.17, 15) is 22.8 Å². The number of nitrogens with zero attached hydrogens (tertiary/aromatic N) is 1. The smallest absolute Gasteiger partial charge is 0.322 e. The Kier molecular flexibility index (Phi) is 4.48. The SMILES string of the molecule is COc1ccc2c(c1)C(=O)N(C[C@@]1(c3cc4cc(S(N)(=O)=O)ccc4o3)NC(=O)NC1=O)C2. The summed E-state index contributed by atoms with van der Waals surface area (Å²) in [7, 11) is -2.46. The van der Waals surface area contributed by atoms with Crippen LogP contribution in [0.25, 0.3) is 11.0 Å². The number of imide groups is 1. The Labute approximate surface area is 187 Å². The number of hydrogen-bond acceptors (Lipinski definition) is 7. The Morgan fingerprint density at radius 1 is 1.15 bits per heavy atom. The van der Waals surface area contributed by atoms with Crippen LogP contribution in [0.3, 0.4) is 0 Å². The number of furan rings is 1. The highest BCUT2D eigenvalue weighted by Crippen LogP contribution is 2.35. The van der Waals surface area contributed by atoms with Crippen LogP contribution in [0.1, 0.15) is 21.7 Å². The highest BCUT2D eigenvalue weighted by atomic mass is 32.2. The van der Waals surface area contributed by atoms with Gasteiger partial charge in [0.05, 0.1) is 18.6 Å². The summed E-state index contributed by atoms with van der Waals surface area (Å²) >= 11 is 0. The number of rotatable bonds is 5. The molecule has 4 amide bonds. The zero-order chi connectivity index (χ0) is 23.5. The number of benzene rings is 2. The number of ether oxygens (including phenoxy) is 1. The van der Waals surface area contributed by atoms with Gasteiger partial charge < -0.3 is 19.4 Å². The van der Waals surface area contributed by atoms with Gasteiger partial charge in [-0.1, -0.05) is 6.07 Å². The van der Waals surface area contributed by atoms with Gasteiger partial charge in [0.1, 0.15) is 17.1 Å². The van der Waals surface area contributed by atoms with Crippen molar-refractivity contribution in [2.75, 3.05) is 13.7 Å². The van der Waals surface area contributed by atoms with Crippen molar-refractivity contribution in [3.05, 3.63) is 59.4 Å². The van der Waals surface area contributed by atoms with Gasteiger partial charge in [-0.15, -0.1) is 0 Å². The number of sulfonamides is 1. The Balaban J connectivity index is 1.56. The monoisotopic (exact) mass is 470 g/mol. The third-order valence-corrected chi connectivity index (χ3v) is 6.71. The van der Waals surface area contributed by atoms with Gasteiger partial charge in [-0.3, -0.25) is 14.9 Å². The number of carbonyl (C=O) groups is 3. The molecule has 0 unspecified atom stereocenters. The molecule has 170 valence electrons. The van der Waals surface area contributed by atoms with Crippen LogP contribution < -0.4 is 20.5 Å². The first kappa shape index (κ1) is 21.0. The van der Waals surface area contributed by atoms with Crippen LogP contribution >= 0.6 is 0 Å². The zero-order valence-electron chi connectivity index (χ0n) is 17.2. The number of hydrogen-bond donors (Lipinski definition) is 3. The fourth-order valence-electron chi connectivity index (χ4n) is 4.14. The number of amides is 4. The van der Waals surface area contributed by atoms with Gasteiger partial charge in [0, 0.05) is 17.5 Å². The van der Waals surface area contributed by atoms with Crippen molar-refractivity contribution in [3.8, 4) is 5.75 Å². The second kappa shape index (κ2) is 7.05. The lowest BCUT2D eigenvalue weighted by Crippen LogP contribution is -2.52. The molecule has 33 heavy (non-hydrogen) atoms. The minimum Gasteiger partial charge on any atom is -0.497 e. The maximum absolute atomic E-state index is 13.1. The molecule has 0 spiro atoms. The maximum atomic E-state index is 13.1. The van der Waals surface area contributed by atoms with E-state index >= 15 is 0 Å². The molecule has 0 aliphatic carbocycles. The minimum atomic E-state index is -3.95. The summed E-state index contributed by atoms with van der Waals surface area (Å²) in [5.41, 5.74) is -0.231. The van der Waals surface area contributed by atoms with Crippen molar-refractivity contribution in [3.63, 3.8) is 0 Å². The highest BCUT2D eigenvalue weighted by Gasteiger charge is 2.53. The van der Waals surface area contributed by atoms with Crippen LogP contribution in [0.15, 0.2) is 51.8 Å². The zero-order valence-corrected chi connectivity index (χ0v) is 18.1. The van der Waals surface area contributed by atoms with Gasteiger partial charge in [-0.25, -0.2) is 18.4 Å². The molecule has 12 heteroatoms. The number of primary sulfonamides is 1. The van der Waals surface area contributed by atoms with Gasteiger partial charge in [-0.2, -0.15) is 0 Å². The summed E-state index contributed by atoms with van der Waals surface area (Å²) in [6.07, 6.45) is 0. The van der Waals surface area contributed by atoms with E-state index in [1.807, 2.05) is 0 Å². The fourth-order valence-corrected chi connectivity index (χ4v) is 4.69. The summed E-state index contributed by atoms with van der Waals surface area (Å²) in [5, 5.41) is 10.3. The molecular formula is C21H18N4O7S. The van der Waals surface area contributed by atoms with Gasteiger partial charge in [-0.05, 0) is 42.0 Å². The summed E-state index contributed by atoms with van der Waals surface area (Å²) in [6.45, 7) is 0.0150. The van der Waals surface area contributed by atoms with Crippen LogP contribution in [0.4, 0.5) is 4.79 Å². The van der Waals surface area contributed by atoms with Crippen molar-refractivity contribution in [1.29, 1.82) is 0 Å². The molecule has 0 radical (unpaired) electrons. The molecule has 3 aromatic rings. The number of urea groups is 1. The molecule has 0 bridgehead atoms. The lowest BCUT2D eigenvalue weighted by Gasteiger charge is -2.29. The van der Waals surface area contributed by atoms with Gasteiger partial charge >= 0.3 is 6.03 Å². The molecule has 2 aliphatic rings. The van der Waals surface area contributed by atoms with E-state index in [2.05, 4.69) is 10.6 Å². The predicted octanol–water partition coefficient (Wildman–Crippen LogP) is 0.780. The standard InChI is InChI=1S/C21H18N4O7S/c1-31-13-3-2-11-9-25(18(26)15(11)8-13)10-21(19(27)23-20(28)24-21)17-7-12-6-14(33(22,29)30)4-5-16(12)32-17/h2-8H,9-10H2,1H3,(H2,22,29,30)(H2,23,24,27,28)/t21-/m0/s1. The largest absolute Gasteiger partial charge is 0.497 e. The molecule has 2 aliphatic heterocycles. The Morgan fingerprint density at radius 2 is 1.94 bits per heavy atom. The van der Waals surface area contributed by atoms with E-state index in [0.717, 1.165) is 5.56 Å². The summed E-state index contributed by atoms with van der Waals surface area (Å²) in [6, 6.07) is 9.82. The van der Waals surface area contributed by atoms with E-state index in [4.69, 9.17) is 14.3 Å². The third-order valence-electron chi connectivity index (χ3n) is 5.80. The Hall–Kier alpha value is -3.90. The topological polar surface area (TPSA) is 161 Å². The Bertz CT molecular complexity index is 1460. The van der Waals surface area contributed by atoms with Gasteiger partial charge in [0.25, 0.3) is 11.8 Å². The number of fused-ring (bicyclic) bond motifs is 2. The molecule has 1 atom stereocenters. The first-order valence-corrected chi connectivity index (χ1v) is 11.3. The molecule has 1 fully saturated rings. The number of nitrogens with two attached hydrogens (primary N) is 1. The van der Waals surface area contributed by atoms with Crippen molar-refractivity contribution < 1.29 is 32.0 Å². The van der Waals surface area contributed by atoms with Crippen LogP contribution in [0.2, 0.25) is 0 Å². The van der Waals surface area contributed by atoms with Crippen molar-refractivity contribution in [2.24, 2.45) is 5.14 Å². The molecular weight excluding hydrogens is 452 g/mol. The third kappa shape index (κ3) is 3.31. The molecule has 2 aromatic carbocycles. The van der Waals surface area contributed by atoms with Crippen LogP contribution in [0.5, 0.6) is 5.75 Å². The van der Waals surface area contributed by atoms with Crippen LogP contribution in [-0.2, 0) is 26.9 Å². The molecule has 1 saturated heterocycles. The van der Waals surface area contributed by atoms with Crippen molar-refractivity contribution in [1.82, 2.24) is 15.5 Å². The second-order valence-corrected chi connectivity index (χ2v) is 9.41. The molecule has 11 nitrogen and oxygen atoms in total. The number of methoxy groups -OCH3 is 1. The van der Waals surface area contributed by atoms with E-state index in [1.54, 1.807) is 18.2 Å². The summed E-state index contributed by atoms with van der Waals surface area (Å²) in [4.78, 5) is 39.4. The first-order valence-electron chi connectivity index (χ1n) is 9.77. The van der Waals surface area contributed by atoms with Gasteiger partial charge in [0.15, 0.2) is 5.54 Å². The lowest BCUT2D eigenvalue weighted by atomic mass is 9.95. The van der Waals surface area contributed by atoms with Gasteiger partial charge in [0.2, 0.25) is 10.0 Å².